The van der Waals surface area contributed by atoms with E-state index in [2.05, 4.69) is 42.4 Å². The van der Waals surface area contributed by atoms with Gasteiger partial charge in [-0.05, 0) is 65.3 Å². The van der Waals surface area contributed by atoms with Crippen molar-refractivity contribution in [3.8, 4) is 5.75 Å². The summed E-state index contributed by atoms with van der Waals surface area (Å²) in [6.45, 7) is 1.94. The molecule has 0 spiro atoms. The molecule has 0 bridgehead atoms. The lowest BCUT2D eigenvalue weighted by molar-refractivity contribution is 0.0734. The molecule has 0 atom stereocenters. The number of nitrogens with one attached hydrogen (secondary N) is 1. The third-order valence-corrected chi connectivity index (χ3v) is 4.55. The molecule has 0 saturated carbocycles. The van der Waals surface area contributed by atoms with Gasteiger partial charge in [0.15, 0.2) is 10.4 Å². The molecule has 0 aliphatic rings. The van der Waals surface area contributed by atoms with Gasteiger partial charge in [0.1, 0.15) is 5.75 Å². The van der Waals surface area contributed by atoms with E-state index in [0.29, 0.717) is 21.5 Å². The highest BCUT2D eigenvalue weighted by atomic mass is 79.9. The fraction of sp³-hybridized carbons (Fsp3) is 0.0500. The number of carbonyl (C=O) groups excluding carboxylic acids is 2. The Labute approximate surface area is 177 Å². The molecule has 3 rings (SSSR count). The van der Waals surface area contributed by atoms with Crippen molar-refractivity contribution in [2.24, 2.45) is 5.10 Å². The zero-order valence-corrected chi connectivity index (χ0v) is 17.8. The van der Waals surface area contributed by atoms with Crippen LogP contribution in [0.15, 0.2) is 73.3 Å². The van der Waals surface area contributed by atoms with E-state index in [1.54, 1.807) is 36.4 Å². The summed E-state index contributed by atoms with van der Waals surface area (Å²) in [5.74, 6) is -0.562. The van der Waals surface area contributed by atoms with Gasteiger partial charge in [0, 0.05) is 10.0 Å². The van der Waals surface area contributed by atoms with Gasteiger partial charge in [0.2, 0.25) is 0 Å². The van der Waals surface area contributed by atoms with Gasteiger partial charge in [0.05, 0.1) is 11.8 Å². The Morgan fingerprint density at radius 1 is 1.07 bits per heavy atom. The van der Waals surface area contributed by atoms with Crippen molar-refractivity contribution in [3.05, 3.63) is 86.2 Å². The molecular weight excluding hydrogens is 492 g/mol. The van der Waals surface area contributed by atoms with Crippen LogP contribution in [0.2, 0.25) is 0 Å². The van der Waals surface area contributed by atoms with Gasteiger partial charge in [-0.2, -0.15) is 5.10 Å². The first kappa shape index (κ1) is 20.0. The molecule has 2 aromatic carbocycles. The van der Waals surface area contributed by atoms with Crippen molar-refractivity contribution in [3.63, 3.8) is 0 Å². The summed E-state index contributed by atoms with van der Waals surface area (Å²) in [6, 6.07) is 15.3. The molecule has 1 amide bonds. The molecule has 0 aliphatic carbocycles. The average molecular weight is 506 g/mol. The largest absolute Gasteiger partial charge is 0.444 e. The lowest BCUT2D eigenvalue weighted by atomic mass is 10.1. The Morgan fingerprint density at radius 3 is 2.50 bits per heavy atom. The zero-order valence-electron chi connectivity index (χ0n) is 14.6. The SMILES string of the molecule is Cc1ccc(C(=O)Oc2ccc(Br)cc2/C=N\NC(=O)c2ccc(Br)o2)cc1. The maximum absolute atomic E-state index is 12.4. The number of benzene rings is 2. The van der Waals surface area contributed by atoms with Crippen molar-refractivity contribution in [2.75, 3.05) is 0 Å². The first-order chi connectivity index (χ1) is 13.4. The standard InChI is InChI=1S/C20H14Br2N2O4/c1-12-2-4-13(5-3-12)20(26)28-16-7-6-15(21)10-14(16)11-23-24-19(25)17-8-9-18(22)27-17/h2-11H,1H3,(H,24,25)/b23-11-. The van der Waals surface area contributed by atoms with Crippen molar-refractivity contribution in [1.29, 1.82) is 0 Å². The highest BCUT2D eigenvalue weighted by Crippen LogP contribution is 2.23. The Hall–Kier alpha value is -2.71. The van der Waals surface area contributed by atoms with E-state index >= 15 is 0 Å². The molecule has 1 heterocycles. The molecule has 8 heteroatoms. The Morgan fingerprint density at radius 2 is 1.82 bits per heavy atom. The quantitative estimate of drug-likeness (QED) is 0.226. The summed E-state index contributed by atoms with van der Waals surface area (Å²) in [5, 5.41) is 3.91. The second-order valence-corrected chi connectivity index (χ2v) is 7.44. The summed E-state index contributed by atoms with van der Waals surface area (Å²) >= 11 is 6.50. The second kappa shape index (κ2) is 8.99. The van der Waals surface area contributed by atoms with Gasteiger partial charge in [-0.1, -0.05) is 33.6 Å². The maximum atomic E-state index is 12.4. The van der Waals surface area contributed by atoms with Gasteiger partial charge < -0.3 is 9.15 Å². The van der Waals surface area contributed by atoms with Crippen LogP contribution in [-0.4, -0.2) is 18.1 Å². The number of esters is 1. The van der Waals surface area contributed by atoms with E-state index in [1.165, 1.54) is 12.3 Å². The molecule has 0 unspecified atom stereocenters. The fourth-order valence-electron chi connectivity index (χ4n) is 2.21. The Kier molecular flexibility index (Phi) is 6.43. The summed E-state index contributed by atoms with van der Waals surface area (Å²) in [6.07, 6.45) is 1.39. The van der Waals surface area contributed by atoms with E-state index in [4.69, 9.17) is 9.15 Å². The molecule has 0 fully saturated rings. The summed E-state index contributed by atoms with van der Waals surface area (Å²) < 4.78 is 11.9. The molecular formula is C20H14Br2N2O4. The number of ether oxygens (including phenoxy) is 1. The smallest absolute Gasteiger partial charge is 0.343 e. The molecule has 0 aliphatic heterocycles. The molecule has 0 radical (unpaired) electrons. The van der Waals surface area contributed by atoms with Gasteiger partial charge in [-0.3, -0.25) is 4.79 Å². The van der Waals surface area contributed by atoms with Crippen LogP contribution >= 0.6 is 31.9 Å². The first-order valence-electron chi connectivity index (χ1n) is 8.09. The predicted octanol–water partition coefficient (Wildman–Crippen LogP) is 5.10. The lowest BCUT2D eigenvalue weighted by Gasteiger charge is -2.08. The van der Waals surface area contributed by atoms with E-state index in [1.807, 2.05) is 19.1 Å². The second-order valence-electron chi connectivity index (χ2n) is 5.74. The Bertz CT molecular complexity index is 1040. The third kappa shape index (κ3) is 5.17. The number of carbonyl (C=O) groups is 2. The van der Waals surface area contributed by atoms with E-state index in [-0.39, 0.29) is 5.76 Å². The Balaban J connectivity index is 1.74. The zero-order chi connectivity index (χ0) is 20.1. The molecule has 28 heavy (non-hydrogen) atoms. The van der Waals surface area contributed by atoms with Crippen LogP contribution < -0.4 is 10.2 Å². The molecule has 1 N–H and O–H groups in total. The van der Waals surface area contributed by atoms with Crippen LogP contribution in [0.4, 0.5) is 0 Å². The van der Waals surface area contributed by atoms with Crippen LogP contribution in [0.25, 0.3) is 0 Å². The first-order valence-corrected chi connectivity index (χ1v) is 9.68. The van der Waals surface area contributed by atoms with E-state index in [9.17, 15) is 9.59 Å². The number of nitrogens with zero attached hydrogens (tertiary/aromatic N) is 1. The molecule has 142 valence electrons. The van der Waals surface area contributed by atoms with Crippen LogP contribution in [0, 0.1) is 6.92 Å². The van der Waals surface area contributed by atoms with Crippen molar-refractivity contribution < 1.29 is 18.7 Å². The van der Waals surface area contributed by atoms with E-state index in [0.717, 1.165) is 10.0 Å². The van der Waals surface area contributed by atoms with Crippen LogP contribution in [0.3, 0.4) is 0 Å². The number of hydrazone groups is 1. The summed E-state index contributed by atoms with van der Waals surface area (Å²) in [4.78, 5) is 24.3. The van der Waals surface area contributed by atoms with Gasteiger partial charge >= 0.3 is 11.9 Å². The van der Waals surface area contributed by atoms with Crippen LogP contribution in [-0.2, 0) is 0 Å². The van der Waals surface area contributed by atoms with Gasteiger partial charge in [0.25, 0.3) is 0 Å². The monoisotopic (exact) mass is 504 g/mol. The van der Waals surface area contributed by atoms with Crippen LogP contribution in [0.1, 0.15) is 32.0 Å². The van der Waals surface area contributed by atoms with Crippen molar-refractivity contribution in [1.82, 2.24) is 5.43 Å². The normalized spacial score (nSPS) is 10.8. The number of furan rings is 1. The highest BCUT2D eigenvalue weighted by molar-refractivity contribution is 9.10. The van der Waals surface area contributed by atoms with Crippen LogP contribution in [0.5, 0.6) is 5.75 Å². The van der Waals surface area contributed by atoms with Crippen molar-refractivity contribution >= 4 is 50.0 Å². The number of hydrogen-bond donors (Lipinski definition) is 1. The van der Waals surface area contributed by atoms with Gasteiger partial charge in [-0.15, -0.1) is 0 Å². The number of amides is 1. The van der Waals surface area contributed by atoms with E-state index < -0.39 is 11.9 Å². The predicted molar refractivity (Wildman–Crippen MR) is 112 cm³/mol. The number of rotatable bonds is 5. The minimum atomic E-state index is -0.504. The lowest BCUT2D eigenvalue weighted by Crippen LogP contribution is -2.17. The molecule has 0 saturated heterocycles. The molecule has 1 aromatic heterocycles. The number of hydrogen-bond acceptors (Lipinski definition) is 5. The number of halogens is 2. The maximum Gasteiger partial charge on any atom is 0.343 e. The summed E-state index contributed by atoms with van der Waals surface area (Å²) in [5.41, 5.74) is 4.36. The topological polar surface area (TPSA) is 80.9 Å². The minimum absolute atomic E-state index is 0.115. The minimum Gasteiger partial charge on any atom is -0.444 e. The molecule has 6 nitrogen and oxygen atoms in total. The summed E-state index contributed by atoms with van der Waals surface area (Å²) in [7, 11) is 0. The highest BCUT2D eigenvalue weighted by Gasteiger charge is 2.12. The van der Waals surface area contributed by atoms with Crippen molar-refractivity contribution in [2.45, 2.75) is 6.92 Å². The average Bonchev–Trinajstić information content (AvgIpc) is 3.10. The molecule has 3 aromatic rings. The number of aryl methyl sites for hydroxylation is 1. The third-order valence-electron chi connectivity index (χ3n) is 3.63. The van der Waals surface area contributed by atoms with Gasteiger partial charge in [-0.25, -0.2) is 10.2 Å². The fourth-order valence-corrected chi connectivity index (χ4v) is 2.90.